The van der Waals surface area contributed by atoms with Crippen LogP contribution in [0.25, 0.3) is 10.9 Å². The van der Waals surface area contributed by atoms with Gasteiger partial charge in [0, 0.05) is 23.6 Å². The van der Waals surface area contributed by atoms with Crippen LogP contribution in [-0.4, -0.2) is 18.2 Å². The molecule has 0 N–H and O–H groups in total. The second kappa shape index (κ2) is 5.13. The Labute approximate surface area is 123 Å². The van der Waals surface area contributed by atoms with Crippen molar-refractivity contribution in [2.45, 2.75) is 33.1 Å². The molecule has 0 radical (unpaired) electrons. The number of rotatable bonds is 1. The number of fused-ring (bicyclic) bond motifs is 2. The van der Waals surface area contributed by atoms with Crippen LogP contribution in [0.2, 0.25) is 5.02 Å². The fourth-order valence-electron chi connectivity index (χ4n) is 2.68. The summed E-state index contributed by atoms with van der Waals surface area (Å²) in [5, 5.41) is 1.71. The molecule has 4 heteroatoms. The number of hydrogen-bond acceptors (Lipinski definition) is 3. The molecule has 0 bridgehead atoms. The lowest BCUT2D eigenvalue weighted by Crippen LogP contribution is -1.99. The van der Waals surface area contributed by atoms with E-state index in [4.69, 9.17) is 21.1 Å². The molecule has 1 aromatic heterocycles. The number of aromatic nitrogens is 1. The first-order chi connectivity index (χ1) is 9.58. The molecule has 1 aliphatic heterocycles. The van der Waals surface area contributed by atoms with Gasteiger partial charge in [-0.05, 0) is 24.5 Å². The molecule has 3 nitrogen and oxygen atoms in total. The summed E-state index contributed by atoms with van der Waals surface area (Å²) in [6.45, 7) is 7.61. The lowest BCUT2D eigenvalue weighted by molar-refractivity contribution is 0.297. The first kappa shape index (κ1) is 13.5. The number of benzene rings is 1. The van der Waals surface area contributed by atoms with Gasteiger partial charge in [-0.25, -0.2) is 0 Å². The SMILES string of the molecule is Cc1nc2cc3c(cc2c(Cl)c1C(C)C)OCCCO3. The molecule has 2 aromatic rings. The zero-order valence-corrected chi connectivity index (χ0v) is 12.8. The van der Waals surface area contributed by atoms with Gasteiger partial charge in [0.1, 0.15) is 0 Å². The Balaban J connectivity index is 2.26. The Morgan fingerprint density at radius 3 is 2.45 bits per heavy atom. The van der Waals surface area contributed by atoms with E-state index in [1.807, 2.05) is 19.1 Å². The van der Waals surface area contributed by atoms with E-state index in [2.05, 4.69) is 18.8 Å². The van der Waals surface area contributed by atoms with Crippen LogP contribution in [0.1, 0.15) is 37.4 Å². The van der Waals surface area contributed by atoms with Gasteiger partial charge in [-0.3, -0.25) is 4.98 Å². The molecule has 1 aromatic carbocycles. The average Bonchev–Trinajstić information content (AvgIpc) is 2.61. The molecular formula is C16H18ClNO2. The molecular weight excluding hydrogens is 274 g/mol. The summed E-state index contributed by atoms with van der Waals surface area (Å²) in [5.74, 6) is 1.86. The van der Waals surface area contributed by atoms with Crippen LogP contribution in [0, 0.1) is 6.92 Å². The highest BCUT2D eigenvalue weighted by molar-refractivity contribution is 6.36. The Bertz CT molecular complexity index is 667. The van der Waals surface area contributed by atoms with Gasteiger partial charge in [0.25, 0.3) is 0 Å². The van der Waals surface area contributed by atoms with Gasteiger partial charge in [-0.15, -0.1) is 0 Å². The molecule has 3 rings (SSSR count). The second-order valence-electron chi connectivity index (χ2n) is 5.45. The lowest BCUT2D eigenvalue weighted by atomic mass is 9.99. The summed E-state index contributed by atoms with van der Waals surface area (Å²) in [7, 11) is 0. The van der Waals surface area contributed by atoms with Gasteiger partial charge in [-0.1, -0.05) is 25.4 Å². The van der Waals surface area contributed by atoms with E-state index in [9.17, 15) is 0 Å². The minimum atomic E-state index is 0.343. The maximum absolute atomic E-state index is 6.59. The van der Waals surface area contributed by atoms with Crippen molar-refractivity contribution in [3.8, 4) is 11.5 Å². The largest absolute Gasteiger partial charge is 0.490 e. The monoisotopic (exact) mass is 291 g/mol. The summed E-state index contributed by atoms with van der Waals surface area (Å²) < 4.78 is 11.4. The number of pyridine rings is 1. The van der Waals surface area contributed by atoms with Crippen LogP contribution in [0.5, 0.6) is 11.5 Å². The molecule has 0 fully saturated rings. The molecule has 0 aliphatic carbocycles. The van der Waals surface area contributed by atoms with Gasteiger partial charge in [0.15, 0.2) is 11.5 Å². The van der Waals surface area contributed by atoms with E-state index in [1.54, 1.807) is 0 Å². The smallest absolute Gasteiger partial charge is 0.163 e. The summed E-state index contributed by atoms with van der Waals surface area (Å²) in [6, 6.07) is 3.88. The Morgan fingerprint density at radius 1 is 1.15 bits per heavy atom. The van der Waals surface area contributed by atoms with Crippen LogP contribution in [0.15, 0.2) is 12.1 Å². The lowest BCUT2D eigenvalue weighted by Gasteiger charge is -2.15. The zero-order chi connectivity index (χ0) is 14.3. The van der Waals surface area contributed by atoms with Crippen molar-refractivity contribution in [2.24, 2.45) is 0 Å². The molecule has 2 heterocycles. The summed E-state index contributed by atoms with van der Waals surface area (Å²) in [6.07, 6.45) is 0.891. The number of ether oxygens (including phenoxy) is 2. The van der Waals surface area contributed by atoms with Gasteiger partial charge in [0.05, 0.1) is 23.8 Å². The summed E-state index contributed by atoms with van der Waals surface area (Å²) >= 11 is 6.59. The number of aryl methyl sites for hydroxylation is 1. The highest BCUT2D eigenvalue weighted by Crippen LogP contribution is 2.39. The van der Waals surface area contributed by atoms with Crippen LogP contribution in [0.3, 0.4) is 0 Å². The Hall–Kier alpha value is -1.48. The first-order valence-corrected chi connectivity index (χ1v) is 7.35. The zero-order valence-electron chi connectivity index (χ0n) is 12.0. The standard InChI is InChI=1S/C16H18ClNO2/c1-9(2)15-10(3)18-12-8-14-13(7-11(12)16(15)17)19-5-4-6-20-14/h7-9H,4-6H2,1-3H3. The molecule has 20 heavy (non-hydrogen) atoms. The van der Waals surface area contributed by atoms with Crippen molar-refractivity contribution in [1.82, 2.24) is 4.98 Å². The van der Waals surface area contributed by atoms with Crippen molar-refractivity contribution in [2.75, 3.05) is 13.2 Å². The van der Waals surface area contributed by atoms with E-state index in [1.165, 1.54) is 0 Å². The maximum Gasteiger partial charge on any atom is 0.163 e. The predicted molar refractivity (Wildman–Crippen MR) is 81.2 cm³/mol. The van der Waals surface area contributed by atoms with Crippen LogP contribution >= 0.6 is 11.6 Å². The maximum atomic E-state index is 6.59. The highest BCUT2D eigenvalue weighted by Gasteiger charge is 2.18. The van der Waals surface area contributed by atoms with E-state index in [-0.39, 0.29) is 0 Å². The molecule has 1 aliphatic rings. The Morgan fingerprint density at radius 2 is 1.80 bits per heavy atom. The van der Waals surface area contributed by atoms with Crippen molar-refractivity contribution < 1.29 is 9.47 Å². The second-order valence-corrected chi connectivity index (χ2v) is 5.82. The predicted octanol–water partition coefficient (Wildman–Crippen LogP) is 4.48. The third kappa shape index (κ3) is 2.20. The molecule has 106 valence electrons. The summed E-state index contributed by atoms with van der Waals surface area (Å²) in [4.78, 5) is 4.68. The van der Waals surface area contributed by atoms with E-state index >= 15 is 0 Å². The van der Waals surface area contributed by atoms with Gasteiger partial charge in [-0.2, -0.15) is 0 Å². The minimum absolute atomic E-state index is 0.343. The van der Waals surface area contributed by atoms with Crippen LogP contribution in [-0.2, 0) is 0 Å². The third-order valence-electron chi connectivity index (χ3n) is 3.59. The third-order valence-corrected chi connectivity index (χ3v) is 4.00. The Kier molecular flexibility index (Phi) is 3.47. The first-order valence-electron chi connectivity index (χ1n) is 6.97. The van der Waals surface area contributed by atoms with Crippen LogP contribution < -0.4 is 9.47 Å². The van der Waals surface area contributed by atoms with Crippen molar-refractivity contribution >= 4 is 22.5 Å². The number of halogens is 1. The molecule has 0 spiro atoms. The topological polar surface area (TPSA) is 31.4 Å². The van der Waals surface area contributed by atoms with Crippen molar-refractivity contribution in [1.29, 1.82) is 0 Å². The van der Waals surface area contributed by atoms with Crippen LogP contribution in [0.4, 0.5) is 0 Å². The molecule has 0 saturated carbocycles. The van der Waals surface area contributed by atoms with Gasteiger partial charge < -0.3 is 9.47 Å². The van der Waals surface area contributed by atoms with Crippen molar-refractivity contribution in [3.05, 3.63) is 28.4 Å². The molecule has 0 amide bonds. The number of hydrogen-bond donors (Lipinski definition) is 0. The van der Waals surface area contributed by atoms with E-state index in [0.29, 0.717) is 19.1 Å². The van der Waals surface area contributed by atoms with E-state index < -0.39 is 0 Å². The number of nitrogens with zero attached hydrogens (tertiary/aromatic N) is 1. The van der Waals surface area contributed by atoms with E-state index in [0.717, 1.165) is 45.1 Å². The fraction of sp³-hybridized carbons (Fsp3) is 0.438. The minimum Gasteiger partial charge on any atom is -0.490 e. The van der Waals surface area contributed by atoms with Gasteiger partial charge in [0.2, 0.25) is 0 Å². The molecule has 0 saturated heterocycles. The molecule has 0 unspecified atom stereocenters. The highest BCUT2D eigenvalue weighted by atomic mass is 35.5. The normalized spacial score (nSPS) is 14.7. The van der Waals surface area contributed by atoms with Gasteiger partial charge >= 0.3 is 0 Å². The quantitative estimate of drug-likeness (QED) is 0.776. The van der Waals surface area contributed by atoms with Crippen molar-refractivity contribution in [3.63, 3.8) is 0 Å². The molecule has 0 atom stereocenters. The average molecular weight is 292 g/mol. The fourth-order valence-corrected chi connectivity index (χ4v) is 3.19. The summed E-state index contributed by atoms with van der Waals surface area (Å²) in [5.41, 5.74) is 2.95.